The van der Waals surface area contributed by atoms with Crippen LogP contribution in [0.3, 0.4) is 0 Å². The van der Waals surface area contributed by atoms with Gasteiger partial charge in [0, 0.05) is 6.54 Å². The number of hydrogen-bond acceptors (Lipinski definition) is 6. The van der Waals surface area contributed by atoms with Gasteiger partial charge in [0.15, 0.2) is 5.78 Å². The summed E-state index contributed by atoms with van der Waals surface area (Å²) in [5, 5.41) is 12.8. The molecule has 1 aliphatic rings. The van der Waals surface area contributed by atoms with Gasteiger partial charge in [0.05, 0.1) is 18.0 Å². The van der Waals surface area contributed by atoms with Crippen LogP contribution in [0.15, 0.2) is 46.5 Å². The molecule has 0 amide bonds. The Labute approximate surface area is 204 Å². The summed E-state index contributed by atoms with van der Waals surface area (Å²) in [6, 6.07) is 5.24. The third-order valence-corrected chi connectivity index (χ3v) is 6.20. The predicted octanol–water partition coefficient (Wildman–Crippen LogP) is 5.14. The summed E-state index contributed by atoms with van der Waals surface area (Å²) < 4.78 is 5.54. The van der Waals surface area contributed by atoms with Crippen LogP contribution < -0.4 is 5.32 Å². The third-order valence-electron chi connectivity index (χ3n) is 6.20. The number of aryl methyl sites for hydroxylation is 1. The van der Waals surface area contributed by atoms with Gasteiger partial charge in [-0.3, -0.25) is 19.9 Å². The van der Waals surface area contributed by atoms with Crippen LogP contribution in [0.4, 0.5) is 5.69 Å². The number of rotatable bonds is 11. The third kappa shape index (κ3) is 8.03. The maximum Gasteiger partial charge on any atom is 0.325 e. The number of ether oxygens (including phenoxy) is 1. The van der Waals surface area contributed by atoms with E-state index in [1.807, 2.05) is 51.1 Å². The molecule has 0 spiro atoms. The highest BCUT2D eigenvalue weighted by atomic mass is 16.5. The van der Waals surface area contributed by atoms with Crippen molar-refractivity contribution >= 4 is 23.2 Å². The van der Waals surface area contributed by atoms with E-state index in [1.165, 1.54) is 0 Å². The number of carbonyl (C=O) groups excluding carboxylic acids is 2. The van der Waals surface area contributed by atoms with Gasteiger partial charge in [-0.2, -0.15) is 0 Å². The number of carbonyl (C=O) groups is 2. The number of hydrogen-bond donors (Lipinski definition) is 2. The molecule has 0 aliphatic heterocycles. The van der Waals surface area contributed by atoms with Crippen molar-refractivity contribution in [3.63, 3.8) is 0 Å². The Morgan fingerprint density at radius 2 is 1.91 bits per heavy atom. The van der Waals surface area contributed by atoms with E-state index in [4.69, 9.17) is 9.73 Å². The molecule has 0 radical (unpaired) electrons. The fourth-order valence-corrected chi connectivity index (χ4v) is 3.90. The molecule has 0 bridgehead atoms. The van der Waals surface area contributed by atoms with E-state index in [1.54, 1.807) is 6.92 Å². The van der Waals surface area contributed by atoms with Gasteiger partial charge < -0.3 is 9.84 Å². The largest absolute Gasteiger partial charge is 0.461 e. The number of Topliss-reactive ketones (excluding diaryl/α,β-unsaturated/α-hetero) is 1. The summed E-state index contributed by atoms with van der Waals surface area (Å²) in [7, 11) is 0. The van der Waals surface area contributed by atoms with Crippen LogP contribution in [-0.2, 0) is 20.9 Å². The Hall–Kier alpha value is -2.57. The van der Waals surface area contributed by atoms with E-state index >= 15 is 0 Å². The van der Waals surface area contributed by atoms with Crippen molar-refractivity contribution < 1.29 is 19.4 Å². The van der Waals surface area contributed by atoms with Gasteiger partial charge in [0.1, 0.15) is 12.1 Å². The summed E-state index contributed by atoms with van der Waals surface area (Å²) in [6.45, 7) is 11.6. The number of benzene rings is 1. The molecule has 6 heteroatoms. The Morgan fingerprint density at radius 3 is 2.47 bits per heavy atom. The smallest absolute Gasteiger partial charge is 0.325 e. The fraction of sp³-hybridized carbons (Fsp3) is 0.536. The minimum atomic E-state index is -0.755. The molecular formula is C28H40N2O4. The maximum absolute atomic E-state index is 12.4. The number of aliphatic hydroxyl groups is 1. The number of esters is 1. The van der Waals surface area contributed by atoms with Gasteiger partial charge in [-0.15, -0.1) is 0 Å². The van der Waals surface area contributed by atoms with Crippen LogP contribution >= 0.6 is 0 Å². The molecule has 6 nitrogen and oxygen atoms in total. The molecule has 34 heavy (non-hydrogen) atoms. The van der Waals surface area contributed by atoms with Crippen molar-refractivity contribution in [2.45, 2.75) is 85.9 Å². The topological polar surface area (TPSA) is 88.0 Å². The molecule has 1 saturated carbocycles. The molecule has 2 rings (SSSR count). The van der Waals surface area contributed by atoms with Gasteiger partial charge in [0.25, 0.3) is 0 Å². The standard InChI is InChI=1S/C28H40N2O4/c1-7-23(14-20(5)21(6)32)27(18(2)3)30-25-15-22(13-12-19(25)4)16-29-26(17-31)28(33)34-24-10-8-9-11-24/h7,12-15,18,24,26,29,31H,8-11,16-17H2,1-6H3/b20-14-,23-7+,30-27?. The Morgan fingerprint density at radius 1 is 1.24 bits per heavy atom. The van der Waals surface area contributed by atoms with Gasteiger partial charge >= 0.3 is 5.97 Å². The lowest BCUT2D eigenvalue weighted by molar-refractivity contribution is -0.152. The summed E-state index contributed by atoms with van der Waals surface area (Å²) in [5.41, 5.74) is 5.35. The molecule has 1 atom stereocenters. The van der Waals surface area contributed by atoms with Crippen LogP contribution in [0, 0.1) is 12.8 Å². The Kier molecular flexibility index (Phi) is 10.9. The molecule has 1 fully saturated rings. The van der Waals surface area contributed by atoms with E-state index in [0.29, 0.717) is 12.1 Å². The SMILES string of the molecule is C/C=C(\C=C(\C)C(C)=O)C(=Nc1cc(CNC(CO)C(=O)OC2CCCC2)ccc1C)C(C)C. The van der Waals surface area contributed by atoms with Crippen molar-refractivity contribution in [1.82, 2.24) is 5.32 Å². The lowest BCUT2D eigenvalue weighted by Gasteiger charge is -2.19. The minimum Gasteiger partial charge on any atom is -0.461 e. The highest BCUT2D eigenvalue weighted by Gasteiger charge is 2.25. The molecule has 1 aromatic carbocycles. The van der Waals surface area contributed by atoms with Gasteiger partial charge in [-0.1, -0.05) is 32.1 Å². The first-order valence-electron chi connectivity index (χ1n) is 12.2. The van der Waals surface area contributed by atoms with Gasteiger partial charge in [-0.25, -0.2) is 0 Å². The van der Waals surface area contributed by atoms with Crippen molar-refractivity contribution in [2.24, 2.45) is 10.9 Å². The zero-order chi connectivity index (χ0) is 25.3. The zero-order valence-electron chi connectivity index (χ0n) is 21.5. The second-order valence-corrected chi connectivity index (χ2v) is 9.36. The molecule has 0 heterocycles. The number of aliphatic hydroxyl groups excluding tert-OH is 1. The molecule has 1 aliphatic carbocycles. The molecule has 0 saturated heterocycles. The summed E-state index contributed by atoms with van der Waals surface area (Å²) in [6.07, 6.45) is 7.81. The maximum atomic E-state index is 12.4. The molecule has 1 unspecified atom stereocenters. The van der Waals surface area contributed by atoms with Crippen molar-refractivity contribution in [3.05, 3.63) is 52.6 Å². The van der Waals surface area contributed by atoms with Crippen LogP contribution in [-0.4, -0.2) is 41.3 Å². The number of nitrogens with zero attached hydrogens (tertiary/aromatic N) is 1. The number of allylic oxidation sites excluding steroid dienone is 4. The van der Waals surface area contributed by atoms with E-state index < -0.39 is 12.0 Å². The molecular weight excluding hydrogens is 428 g/mol. The number of ketones is 1. The lowest BCUT2D eigenvalue weighted by Crippen LogP contribution is -2.41. The van der Waals surface area contributed by atoms with Crippen LogP contribution in [0.25, 0.3) is 0 Å². The Balaban J connectivity index is 2.21. The first-order chi connectivity index (χ1) is 16.2. The van der Waals surface area contributed by atoms with Gasteiger partial charge in [0.2, 0.25) is 0 Å². The number of aliphatic imine (C=N–C) groups is 1. The highest BCUT2D eigenvalue weighted by Crippen LogP contribution is 2.25. The van der Waals surface area contributed by atoms with E-state index in [9.17, 15) is 14.7 Å². The van der Waals surface area contributed by atoms with E-state index in [2.05, 4.69) is 19.2 Å². The summed E-state index contributed by atoms with van der Waals surface area (Å²) >= 11 is 0. The molecule has 2 N–H and O–H groups in total. The summed E-state index contributed by atoms with van der Waals surface area (Å²) in [4.78, 5) is 29.2. The fourth-order valence-electron chi connectivity index (χ4n) is 3.90. The highest BCUT2D eigenvalue weighted by molar-refractivity contribution is 6.07. The Bertz CT molecular complexity index is 953. The van der Waals surface area contributed by atoms with E-state index in [-0.39, 0.29) is 24.4 Å². The zero-order valence-corrected chi connectivity index (χ0v) is 21.5. The second-order valence-electron chi connectivity index (χ2n) is 9.36. The van der Waals surface area contributed by atoms with Crippen LogP contribution in [0.2, 0.25) is 0 Å². The van der Waals surface area contributed by atoms with Crippen molar-refractivity contribution in [3.8, 4) is 0 Å². The molecule has 1 aromatic rings. The summed E-state index contributed by atoms with van der Waals surface area (Å²) in [5.74, 6) is -0.198. The van der Waals surface area contributed by atoms with Crippen molar-refractivity contribution in [2.75, 3.05) is 6.61 Å². The van der Waals surface area contributed by atoms with E-state index in [0.717, 1.165) is 53.8 Å². The van der Waals surface area contributed by atoms with Crippen molar-refractivity contribution in [1.29, 1.82) is 0 Å². The van der Waals surface area contributed by atoms with Crippen LogP contribution in [0.1, 0.15) is 71.4 Å². The minimum absolute atomic E-state index is 0.0281. The average Bonchev–Trinajstić information content (AvgIpc) is 3.30. The lowest BCUT2D eigenvalue weighted by atomic mass is 9.96. The first kappa shape index (κ1) is 27.7. The van der Waals surface area contributed by atoms with Crippen LogP contribution in [0.5, 0.6) is 0 Å². The normalized spacial score (nSPS) is 16.8. The molecule has 0 aromatic heterocycles. The quantitative estimate of drug-likeness (QED) is 0.203. The number of nitrogens with one attached hydrogen (secondary N) is 1. The monoisotopic (exact) mass is 468 g/mol. The second kappa shape index (κ2) is 13.4. The average molecular weight is 469 g/mol. The van der Waals surface area contributed by atoms with Gasteiger partial charge in [-0.05, 0) is 93.7 Å². The first-order valence-corrected chi connectivity index (χ1v) is 12.2. The predicted molar refractivity (Wildman–Crippen MR) is 137 cm³/mol. The molecule has 186 valence electrons.